The van der Waals surface area contributed by atoms with Crippen molar-refractivity contribution >= 4 is 29.6 Å². The number of nitrogens with two attached hydrogens (primary N) is 2. The first-order valence-corrected chi connectivity index (χ1v) is 11.4. The van der Waals surface area contributed by atoms with Crippen molar-refractivity contribution in [1.82, 2.24) is 15.5 Å². The Hall–Kier alpha value is -3.51. The lowest BCUT2D eigenvalue weighted by molar-refractivity contribution is -0.145. The van der Waals surface area contributed by atoms with E-state index < -0.39 is 59.9 Å². The number of carboxylic acid groups (broad SMARTS) is 1. The van der Waals surface area contributed by atoms with E-state index in [0.29, 0.717) is 25.8 Å². The molecule has 35 heavy (non-hydrogen) atoms. The number of aliphatic hydroxyl groups is 1. The third-order valence-corrected chi connectivity index (χ3v) is 5.81. The van der Waals surface area contributed by atoms with Gasteiger partial charge in [0.2, 0.25) is 23.6 Å². The maximum absolute atomic E-state index is 13.0. The minimum atomic E-state index is -1.61. The van der Waals surface area contributed by atoms with Gasteiger partial charge in [-0.05, 0) is 38.2 Å². The van der Waals surface area contributed by atoms with Gasteiger partial charge in [-0.3, -0.25) is 19.2 Å². The van der Waals surface area contributed by atoms with Crippen LogP contribution in [-0.4, -0.2) is 81.5 Å². The Morgan fingerprint density at radius 1 is 1.14 bits per heavy atom. The Morgan fingerprint density at radius 2 is 1.80 bits per heavy atom. The number of aliphatic hydroxyl groups excluding tert-OH is 1. The van der Waals surface area contributed by atoms with Gasteiger partial charge in [-0.1, -0.05) is 30.3 Å². The Morgan fingerprint density at radius 3 is 2.37 bits per heavy atom. The van der Waals surface area contributed by atoms with Crippen LogP contribution in [0.15, 0.2) is 30.3 Å². The summed E-state index contributed by atoms with van der Waals surface area (Å²) in [5.41, 5.74) is 12.2. The molecule has 0 spiro atoms. The van der Waals surface area contributed by atoms with E-state index in [2.05, 4.69) is 10.6 Å². The van der Waals surface area contributed by atoms with Crippen LogP contribution in [0.25, 0.3) is 0 Å². The molecule has 192 valence electrons. The highest BCUT2D eigenvalue weighted by atomic mass is 16.4. The van der Waals surface area contributed by atoms with Gasteiger partial charge in [0, 0.05) is 13.0 Å². The Kier molecular flexibility index (Phi) is 10.2. The van der Waals surface area contributed by atoms with Crippen LogP contribution in [0.5, 0.6) is 0 Å². The van der Waals surface area contributed by atoms with Crippen molar-refractivity contribution in [2.75, 3.05) is 6.54 Å². The van der Waals surface area contributed by atoms with E-state index in [-0.39, 0.29) is 12.8 Å². The predicted molar refractivity (Wildman–Crippen MR) is 124 cm³/mol. The number of hydrogen-bond donors (Lipinski definition) is 6. The first kappa shape index (κ1) is 27.7. The second kappa shape index (κ2) is 12.8. The molecule has 5 atom stereocenters. The molecule has 12 nitrogen and oxygen atoms in total. The summed E-state index contributed by atoms with van der Waals surface area (Å²) >= 11 is 0. The molecule has 0 radical (unpaired) electrons. The topological polar surface area (TPSA) is 205 Å². The summed E-state index contributed by atoms with van der Waals surface area (Å²) in [4.78, 5) is 62.7. The summed E-state index contributed by atoms with van der Waals surface area (Å²) in [6, 6.07) is 4.57. The average Bonchev–Trinajstić information content (AvgIpc) is 3.29. The third-order valence-electron chi connectivity index (χ3n) is 5.81. The van der Waals surface area contributed by atoms with Gasteiger partial charge in [0.25, 0.3) is 0 Å². The molecule has 1 aliphatic rings. The molecule has 0 aliphatic carbocycles. The third kappa shape index (κ3) is 8.04. The van der Waals surface area contributed by atoms with Crippen molar-refractivity contribution < 1.29 is 34.2 Å². The number of nitrogens with zero attached hydrogens (tertiary/aromatic N) is 1. The smallest absolute Gasteiger partial charge is 0.328 e. The van der Waals surface area contributed by atoms with Crippen molar-refractivity contribution in [2.45, 2.75) is 69.3 Å². The van der Waals surface area contributed by atoms with Crippen molar-refractivity contribution in [1.29, 1.82) is 0 Å². The SMILES string of the molecule is CC(O)C(NC(=O)C(CCC(N)=O)NC(=O)C1CCCN1C(=O)C(N)Cc1ccccc1)C(=O)O. The van der Waals surface area contributed by atoms with Gasteiger partial charge >= 0.3 is 5.97 Å². The fourth-order valence-corrected chi connectivity index (χ4v) is 3.94. The molecule has 12 heteroatoms. The first-order chi connectivity index (χ1) is 16.5. The largest absolute Gasteiger partial charge is 0.480 e. The lowest BCUT2D eigenvalue weighted by atomic mass is 10.0. The molecule has 2 rings (SSSR count). The molecular formula is C23H33N5O7. The van der Waals surface area contributed by atoms with Gasteiger partial charge in [0.1, 0.15) is 12.1 Å². The minimum Gasteiger partial charge on any atom is -0.480 e. The van der Waals surface area contributed by atoms with E-state index in [0.717, 1.165) is 5.56 Å². The standard InChI is InChI=1S/C23H33N5O7/c1-13(29)19(23(34)35)27-20(31)16(9-10-18(25)30)26-21(32)17-8-5-11-28(17)22(33)15(24)12-14-6-3-2-4-7-14/h2-4,6-7,13,15-17,19,29H,5,8-12,24H2,1H3,(H2,25,30)(H,26,32)(H,27,31)(H,34,35). The van der Waals surface area contributed by atoms with Crippen LogP contribution in [0.4, 0.5) is 0 Å². The molecule has 0 bridgehead atoms. The average molecular weight is 492 g/mol. The molecule has 0 saturated carbocycles. The zero-order valence-corrected chi connectivity index (χ0v) is 19.6. The highest BCUT2D eigenvalue weighted by molar-refractivity contribution is 5.94. The van der Waals surface area contributed by atoms with E-state index in [1.807, 2.05) is 30.3 Å². The summed E-state index contributed by atoms with van der Waals surface area (Å²) in [6.45, 7) is 1.51. The van der Waals surface area contributed by atoms with Crippen LogP contribution in [0.1, 0.15) is 38.2 Å². The number of rotatable bonds is 12. The van der Waals surface area contributed by atoms with Crippen LogP contribution < -0.4 is 22.1 Å². The minimum absolute atomic E-state index is 0.187. The van der Waals surface area contributed by atoms with Crippen LogP contribution in [0.2, 0.25) is 0 Å². The number of likely N-dealkylation sites (tertiary alicyclic amines) is 1. The molecule has 1 aromatic rings. The molecule has 1 fully saturated rings. The number of aliphatic carboxylic acids is 1. The van der Waals surface area contributed by atoms with Crippen molar-refractivity contribution in [3.8, 4) is 0 Å². The van der Waals surface area contributed by atoms with E-state index in [9.17, 15) is 34.2 Å². The van der Waals surface area contributed by atoms with E-state index >= 15 is 0 Å². The summed E-state index contributed by atoms with van der Waals surface area (Å²) in [5.74, 6) is -4.11. The molecule has 8 N–H and O–H groups in total. The van der Waals surface area contributed by atoms with Gasteiger partial charge < -0.3 is 37.2 Å². The first-order valence-electron chi connectivity index (χ1n) is 11.4. The number of carbonyl (C=O) groups excluding carboxylic acids is 4. The molecule has 1 heterocycles. The Balaban J connectivity index is 2.10. The second-order valence-corrected chi connectivity index (χ2v) is 8.62. The number of amides is 4. The fraction of sp³-hybridized carbons (Fsp3) is 0.522. The lowest BCUT2D eigenvalue weighted by Crippen LogP contribution is -2.58. The quantitative estimate of drug-likeness (QED) is 0.197. The number of carboxylic acids is 1. The highest BCUT2D eigenvalue weighted by Crippen LogP contribution is 2.20. The molecule has 1 saturated heterocycles. The molecule has 5 unspecified atom stereocenters. The maximum atomic E-state index is 13.0. The van der Waals surface area contributed by atoms with Crippen molar-refractivity contribution in [3.05, 3.63) is 35.9 Å². The summed E-state index contributed by atoms with van der Waals surface area (Å²) in [6.07, 6.45) is -0.635. The number of hydrogen-bond acceptors (Lipinski definition) is 7. The van der Waals surface area contributed by atoms with E-state index in [1.54, 1.807) is 0 Å². The summed E-state index contributed by atoms with van der Waals surface area (Å²) < 4.78 is 0. The maximum Gasteiger partial charge on any atom is 0.328 e. The number of nitrogens with one attached hydrogen (secondary N) is 2. The second-order valence-electron chi connectivity index (χ2n) is 8.62. The van der Waals surface area contributed by atoms with Gasteiger partial charge in [-0.25, -0.2) is 4.79 Å². The van der Waals surface area contributed by atoms with Crippen molar-refractivity contribution in [2.24, 2.45) is 11.5 Å². The summed E-state index contributed by atoms with van der Waals surface area (Å²) in [5, 5.41) is 23.5. The molecule has 0 aromatic heterocycles. The molecule has 1 aliphatic heterocycles. The normalized spacial score (nSPS) is 18.7. The Bertz CT molecular complexity index is 924. The van der Waals surface area contributed by atoms with Crippen LogP contribution in [0, 0.1) is 0 Å². The molecule has 1 aromatic carbocycles. The number of primary amides is 1. The number of carbonyl (C=O) groups is 5. The highest BCUT2D eigenvalue weighted by Gasteiger charge is 2.38. The van der Waals surface area contributed by atoms with E-state index in [1.165, 1.54) is 11.8 Å². The monoisotopic (exact) mass is 491 g/mol. The Labute approximate surface area is 203 Å². The van der Waals surface area contributed by atoms with Gasteiger partial charge in [0.15, 0.2) is 6.04 Å². The van der Waals surface area contributed by atoms with Crippen LogP contribution in [0.3, 0.4) is 0 Å². The zero-order valence-electron chi connectivity index (χ0n) is 19.6. The van der Waals surface area contributed by atoms with Crippen molar-refractivity contribution in [3.63, 3.8) is 0 Å². The fourth-order valence-electron chi connectivity index (χ4n) is 3.94. The zero-order chi connectivity index (χ0) is 26.1. The lowest BCUT2D eigenvalue weighted by Gasteiger charge is -2.29. The van der Waals surface area contributed by atoms with Crippen LogP contribution >= 0.6 is 0 Å². The number of benzene rings is 1. The van der Waals surface area contributed by atoms with E-state index in [4.69, 9.17) is 11.5 Å². The van der Waals surface area contributed by atoms with Gasteiger partial charge in [0.05, 0.1) is 12.1 Å². The van der Waals surface area contributed by atoms with Crippen LogP contribution in [-0.2, 0) is 30.4 Å². The molecule has 4 amide bonds. The predicted octanol–water partition coefficient (Wildman–Crippen LogP) is -1.75. The summed E-state index contributed by atoms with van der Waals surface area (Å²) in [7, 11) is 0. The van der Waals surface area contributed by atoms with Gasteiger partial charge in [-0.15, -0.1) is 0 Å². The van der Waals surface area contributed by atoms with Gasteiger partial charge in [-0.2, -0.15) is 0 Å². The molecular weight excluding hydrogens is 458 g/mol.